The van der Waals surface area contributed by atoms with Crippen LogP contribution in [0, 0.1) is 5.92 Å². The molecule has 4 nitrogen and oxygen atoms in total. The molecule has 1 heterocycles. The van der Waals surface area contributed by atoms with Gasteiger partial charge < -0.3 is 10.3 Å². The van der Waals surface area contributed by atoms with Gasteiger partial charge in [-0.3, -0.25) is 9.59 Å². The van der Waals surface area contributed by atoms with Crippen molar-refractivity contribution >= 4 is 16.7 Å². The second-order valence-corrected chi connectivity index (χ2v) is 6.78. The number of carbonyl (C=O) groups excluding carboxylic acids is 1. The van der Waals surface area contributed by atoms with Gasteiger partial charge in [0.15, 0.2) is 0 Å². The molecular weight excluding hydrogens is 312 g/mol. The molecule has 1 amide bonds. The van der Waals surface area contributed by atoms with Gasteiger partial charge in [-0.05, 0) is 48.3 Å². The zero-order valence-electron chi connectivity index (χ0n) is 14.0. The normalized spacial score (nSPS) is 20.2. The standard InChI is InChI=1S/C21H20N2O2/c1-13(17-12-18(17)14-7-3-2-4-8-14)22-21(25)19-11-15-9-5-6-10-16(15)20(24)23-19/h2-11,13,17-18H,12H2,1H3,(H,22,25)(H,23,24)/t13-,17-,18-/m0/s1. The summed E-state index contributed by atoms with van der Waals surface area (Å²) < 4.78 is 0. The molecule has 0 radical (unpaired) electrons. The van der Waals surface area contributed by atoms with Crippen LogP contribution in [-0.2, 0) is 0 Å². The number of carbonyl (C=O) groups is 1. The van der Waals surface area contributed by atoms with Crippen LogP contribution in [0.5, 0.6) is 0 Å². The number of benzene rings is 2. The molecule has 25 heavy (non-hydrogen) atoms. The molecule has 2 N–H and O–H groups in total. The van der Waals surface area contributed by atoms with Crippen molar-refractivity contribution in [2.24, 2.45) is 5.92 Å². The Hall–Kier alpha value is -2.88. The molecule has 1 aliphatic carbocycles. The summed E-state index contributed by atoms with van der Waals surface area (Å²) in [6.45, 7) is 2.03. The van der Waals surface area contributed by atoms with Crippen molar-refractivity contribution in [2.45, 2.75) is 25.3 Å². The maximum atomic E-state index is 12.5. The number of pyridine rings is 1. The highest BCUT2D eigenvalue weighted by Crippen LogP contribution is 2.49. The average molecular weight is 332 g/mol. The largest absolute Gasteiger partial charge is 0.348 e. The number of hydrogen-bond acceptors (Lipinski definition) is 2. The zero-order chi connectivity index (χ0) is 17.4. The highest BCUT2D eigenvalue weighted by atomic mass is 16.2. The van der Waals surface area contributed by atoms with Crippen LogP contribution in [0.2, 0.25) is 0 Å². The number of aromatic nitrogens is 1. The van der Waals surface area contributed by atoms with Gasteiger partial charge in [-0.15, -0.1) is 0 Å². The van der Waals surface area contributed by atoms with Crippen LogP contribution >= 0.6 is 0 Å². The first kappa shape index (κ1) is 15.6. The molecule has 1 fully saturated rings. The topological polar surface area (TPSA) is 62.0 Å². The van der Waals surface area contributed by atoms with E-state index in [1.165, 1.54) is 5.56 Å². The van der Waals surface area contributed by atoms with Crippen LogP contribution in [0.15, 0.2) is 65.5 Å². The highest BCUT2D eigenvalue weighted by Gasteiger charge is 2.42. The SMILES string of the molecule is C[C@H](NC(=O)c1cc2ccccc2c(=O)[nH]1)[C@@H]1C[C@H]1c1ccccc1. The van der Waals surface area contributed by atoms with E-state index in [0.29, 0.717) is 22.9 Å². The van der Waals surface area contributed by atoms with Gasteiger partial charge in [0, 0.05) is 11.4 Å². The Morgan fingerprint density at radius 1 is 1.12 bits per heavy atom. The van der Waals surface area contributed by atoms with E-state index in [0.717, 1.165) is 11.8 Å². The van der Waals surface area contributed by atoms with Gasteiger partial charge in [-0.2, -0.15) is 0 Å². The molecule has 1 aliphatic rings. The minimum atomic E-state index is -0.232. The summed E-state index contributed by atoms with van der Waals surface area (Å²) in [4.78, 5) is 27.4. The molecule has 1 saturated carbocycles. The Kier molecular flexibility index (Phi) is 3.88. The molecule has 0 saturated heterocycles. The summed E-state index contributed by atoms with van der Waals surface area (Å²) >= 11 is 0. The summed E-state index contributed by atoms with van der Waals surface area (Å²) in [5.41, 5.74) is 1.41. The van der Waals surface area contributed by atoms with E-state index in [1.54, 1.807) is 12.1 Å². The fourth-order valence-corrected chi connectivity index (χ4v) is 3.58. The van der Waals surface area contributed by atoms with Gasteiger partial charge in [0.2, 0.25) is 0 Å². The number of H-pyrrole nitrogens is 1. The van der Waals surface area contributed by atoms with Crippen molar-refractivity contribution in [3.05, 3.63) is 82.3 Å². The third kappa shape index (κ3) is 3.07. The predicted molar refractivity (Wildman–Crippen MR) is 98.8 cm³/mol. The smallest absolute Gasteiger partial charge is 0.268 e. The minimum absolute atomic E-state index is 0.0627. The van der Waals surface area contributed by atoms with Gasteiger partial charge in [-0.25, -0.2) is 0 Å². The number of hydrogen-bond donors (Lipinski definition) is 2. The maximum absolute atomic E-state index is 12.5. The van der Waals surface area contributed by atoms with E-state index in [4.69, 9.17) is 0 Å². The lowest BCUT2D eigenvalue weighted by molar-refractivity contribution is 0.0930. The van der Waals surface area contributed by atoms with Gasteiger partial charge >= 0.3 is 0 Å². The van der Waals surface area contributed by atoms with Crippen molar-refractivity contribution in [3.63, 3.8) is 0 Å². The first-order chi connectivity index (χ1) is 12.1. The van der Waals surface area contributed by atoms with Crippen LogP contribution in [0.4, 0.5) is 0 Å². The molecule has 3 atom stereocenters. The van der Waals surface area contributed by atoms with E-state index >= 15 is 0 Å². The Labute approximate surface area is 145 Å². The summed E-state index contributed by atoms with van der Waals surface area (Å²) in [5.74, 6) is 0.722. The van der Waals surface area contributed by atoms with Crippen molar-refractivity contribution in [1.29, 1.82) is 0 Å². The van der Waals surface area contributed by atoms with Crippen molar-refractivity contribution in [2.75, 3.05) is 0 Å². The van der Waals surface area contributed by atoms with Crippen molar-refractivity contribution in [3.8, 4) is 0 Å². The van der Waals surface area contributed by atoms with E-state index in [-0.39, 0.29) is 17.5 Å². The fourth-order valence-electron chi connectivity index (χ4n) is 3.58. The summed E-state index contributed by atoms with van der Waals surface area (Å²) in [7, 11) is 0. The molecule has 4 heteroatoms. The number of rotatable bonds is 4. The maximum Gasteiger partial charge on any atom is 0.268 e. The van der Waals surface area contributed by atoms with Crippen molar-refractivity contribution < 1.29 is 4.79 Å². The van der Waals surface area contributed by atoms with Gasteiger partial charge in [-0.1, -0.05) is 48.5 Å². The lowest BCUT2D eigenvalue weighted by Crippen LogP contribution is -2.35. The van der Waals surface area contributed by atoms with E-state index < -0.39 is 0 Å². The van der Waals surface area contributed by atoms with Crippen LogP contribution in [0.25, 0.3) is 10.8 Å². The highest BCUT2D eigenvalue weighted by molar-refractivity contribution is 5.96. The van der Waals surface area contributed by atoms with Gasteiger partial charge in [0.25, 0.3) is 11.5 Å². The molecular formula is C21H20N2O2. The molecule has 4 rings (SSSR count). The molecule has 1 aromatic heterocycles. The summed E-state index contributed by atoms with van der Waals surface area (Å²) in [6, 6.07) is 19.5. The lowest BCUT2D eigenvalue weighted by atomic mass is 10.1. The number of aromatic amines is 1. The Balaban J connectivity index is 1.48. The molecule has 0 bridgehead atoms. The number of fused-ring (bicyclic) bond motifs is 1. The third-order valence-corrected chi connectivity index (χ3v) is 5.07. The van der Waals surface area contributed by atoms with Crippen molar-refractivity contribution in [1.82, 2.24) is 10.3 Å². The Morgan fingerprint density at radius 3 is 2.64 bits per heavy atom. The zero-order valence-corrected chi connectivity index (χ0v) is 14.0. The molecule has 3 aromatic rings. The summed E-state index contributed by atoms with van der Waals surface area (Å²) in [6.07, 6.45) is 1.08. The Bertz CT molecular complexity index is 978. The lowest BCUT2D eigenvalue weighted by Gasteiger charge is -2.14. The van der Waals surface area contributed by atoms with Crippen LogP contribution in [0.3, 0.4) is 0 Å². The molecule has 126 valence electrons. The first-order valence-corrected chi connectivity index (χ1v) is 8.61. The van der Waals surface area contributed by atoms with E-state index in [2.05, 4.69) is 22.4 Å². The van der Waals surface area contributed by atoms with E-state index in [1.807, 2.05) is 43.3 Å². The predicted octanol–water partition coefficient (Wildman–Crippen LogP) is 3.45. The Morgan fingerprint density at radius 2 is 1.84 bits per heavy atom. The van der Waals surface area contributed by atoms with Gasteiger partial charge in [0.1, 0.15) is 5.69 Å². The second kappa shape index (κ2) is 6.20. The average Bonchev–Trinajstić information content (AvgIpc) is 3.43. The van der Waals surface area contributed by atoms with Crippen LogP contribution in [0.1, 0.15) is 35.3 Å². The number of amides is 1. The quantitative estimate of drug-likeness (QED) is 0.769. The van der Waals surface area contributed by atoms with Crippen LogP contribution < -0.4 is 10.9 Å². The minimum Gasteiger partial charge on any atom is -0.348 e. The van der Waals surface area contributed by atoms with Crippen LogP contribution in [-0.4, -0.2) is 16.9 Å². The third-order valence-electron chi connectivity index (χ3n) is 5.07. The first-order valence-electron chi connectivity index (χ1n) is 8.61. The summed E-state index contributed by atoms with van der Waals surface area (Å²) in [5, 5.41) is 4.41. The number of nitrogens with one attached hydrogen (secondary N) is 2. The fraction of sp³-hybridized carbons (Fsp3) is 0.238. The second-order valence-electron chi connectivity index (χ2n) is 6.78. The molecule has 0 spiro atoms. The van der Waals surface area contributed by atoms with E-state index in [9.17, 15) is 9.59 Å². The molecule has 2 aromatic carbocycles. The molecule has 0 aliphatic heterocycles. The van der Waals surface area contributed by atoms with Gasteiger partial charge in [0.05, 0.1) is 0 Å². The monoisotopic (exact) mass is 332 g/mol. The molecule has 0 unspecified atom stereocenters.